The molecule has 1 saturated heterocycles. The molecule has 0 aromatic carbocycles. The van der Waals surface area contributed by atoms with Crippen LogP contribution < -0.4 is 5.32 Å². The van der Waals surface area contributed by atoms with Crippen LogP contribution in [0.2, 0.25) is 0 Å². The van der Waals surface area contributed by atoms with Crippen molar-refractivity contribution in [3.63, 3.8) is 0 Å². The molecule has 0 saturated carbocycles. The van der Waals surface area contributed by atoms with Gasteiger partial charge in [0.15, 0.2) is 0 Å². The van der Waals surface area contributed by atoms with Crippen LogP contribution in [0.3, 0.4) is 0 Å². The number of carboxylic acid groups (broad SMARTS) is 1. The van der Waals surface area contributed by atoms with Crippen LogP contribution >= 0.6 is 0 Å². The van der Waals surface area contributed by atoms with E-state index in [0.717, 1.165) is 38.8 Å². The molecule has 0 bridgehead atoms. The minimum Gasteiger partial charge on any atom is -0.481 e. The van der Waals surface area contributed by atoms with E-state index in [4.69, 9.17) is 0 Å². The summed E-state index contributed by atoms with van der Waals surface area (Å²) < 4.78 is 0. The molecule has 0 aromatic rings. The van der Waals surface area contributed by atoms with Gasteiger partial charge in [-0.15, -0.1) is 0 Å². The smallest absolute Gasteiger partial charge is 0.306 e. The number of rotatable bonds is 1. The molecule has 0 amide bonds. The summed E-state index contributed by atoms with van der Waals surface area (Å²) in [5, 5.41) is 12.6. The highest BCUT2D eigenvalue weighted by Gasteiger charge is 2.30. The van der Waals surface area contributed by atoms with Crippen LogP contribution in [0.1, 0.15) is 46.5 Å². The first-order valence-electron chi connectivity index (χ1n) is 6.35. The molecule has 0 radical (unpaired) electrons. The van der Waals surface area contributed by atoms with E-state index < -0.39 is 5.97 Å². The zero-order chi connectivity index (χ0) is 12.2. The largest absolute Gasteiger partial charge is 0.481 e. The van der Waals surface area contributed by atoms with Gasteiger partial charge in [-0.25, -0.2) is 0 Å². The van der Waals surface area contributed by atoms with Gasteiger partial charge in [0.25, 0.3) is 0 Å². The quantitative estimate of drug-likeness (QED) is 0.723. The SMILES string of the molecule is CC(C)(C)[C@@H]1CCNCCC[C@H](C(=O)O)C1. The lowest BCUT2D eigenvalue weighted by molar-refractivity contribution is -0.143. The lowest BCUT2D eigenvalue weighted by Crippen LogP contribution is -2.28. The number of carboxylic acids is 1. The average molecular weight is 227 g/mol. The van der Waals surface area contributed by atoms with Crippen LogP contribution in [0.25, 0.3) is 0 Å². The fourth-order valence-corrected chi connectivity index (χ4v) is 2.46. The molecule has 2 N–H and O–H groups in total. The molecule has 16 heavy (non-hydrogen) atoms. The van der Waals surface area contributed by atoms with Crippen molar-refractivity contribution in [2.75, 3.05) is 13.1 Å². The topological polar surface area (TPSA) is 49.3 Å². The van der Waals surface area contributed by atoms with E-state index in [1.807, 2.05) is 0 Å². The molecule has 1 aliphatic heterocycles. The van der Waals surface area contributed by atoms with Crippen molar-refractivity contribution in [2.45, 2.75) is 46.5 Å². The Morgan fingerprint density at radius 2 is 1.94 bits per heavy atom. The molecule has 2 atom stereocenters. The second kappa shape index (κ2) is 5.67. The molecule has 3 nitrogen and oxygen atoms in total. The lowest BCUT2D eigenvalue weighted by Gasteiger charge is -2.32. The van der Waals surface area contributed by atoms with E-state index in [2.05, 4.69) is 26.1 Å². The highest BCUT2D eigenvalue weighted by Crippen LogP contribution is 2.35. The van der Waals surface area contributed by atoms with Crippen LogP contribution in [0, 0.1) is 17.3 Å². The van der Waals surface area contributed by atoms with Gasteiger partial charge in [0.05, 0.1) is 5.92 Å². The Morgan fingerprint density at radius 1 is 1.25 bits per heavy atom. The molecule has 0 unspecified atom stereocenters. The van der Waals surface area contributed by atoms with Gasteiger partial charge in [-0.1, -0.05) is 20.8 Å². The number of hydrogen-bond donors (Lipinski definition) is 2. The Labute approximate surface area is 98.6 Å². The van der Waals surface area contributed by atoms with Crippen LogP contribution in [-0.2, 0) is 4.79 Å². The van der Waals surface area contributed by atoms with Gasteiger partial charge in [0.1, 0.15) is 0 Å². The van der Waals surface area contributed by atoms with E-state index in [1.165, 1.54) is 0 Å². The Kier molecular flexibility index (Phi) is 4.78. The van der Waals surface area contributed by atoms with Crippen LogP contribution in [-0.4, -0.2) is 24.2 Å². The maximum Gasteiger partial charge on any atom is 0.306 e. The molecule has 1 rings (SSSR count). The van der Waals surface area contributed by atoms with Gasteiger partial charge in [-0.3, -0.25) is 4.79 Å². The number of aliphatic carboxylic acids is 1. The average Bonchev–Trinajstić information content (AvgIpc) is 2.26. The summed E-state index contributed by atoms with van der Waals surface area (Å²) in [6, 6.07) is 0. The third-order valence-corrected chi connectivity index (χ3v) is 3.72. The second-order valence-electron chi connectivity index (χ2n) is 6.01. The molecule has 94 valence electrons. The summed E-state index contributed by atoms with van der Waals surface area (Å²) >= 11 is 0. The van der Waals surface area contributed by atoms with Gasteiger partial charge in [0.2, 0.25) is 0 Å². The second-order valence-corrected chi connectivity index (χ2v) is 6.01. The molecular weight excluding hydrogens is 202 g/mol. The predicted molar refractivity (Wildman–Crippen MR) is 65.4 cm³/mol. The van der Waals surface area contributed by atoms with Gasteiger partial charge >= 0.3 is 5.97 Å². The van der Waals surface area contributed by atoms with Crippen LogP contribution in [0.15, 0.2) is 0 Å². The Morgan fingerprint density at radius 3 is 2.50 bits per heavy atom. The summed E-state index contributed by atoms with van der Waals surface area (Å²) in [6.07, 6.45) is 3.72. The first-order chi connectivity index (χ1) is 7.41. The third kappa shape index (κ3) is 4.12. The Bertz CT molecular complexity index is 233. The number of nitrogens with one attached hydrogen (secondary N) is 1. The molecular formula is C13H25NO2. The predicted octanol–water partition coefficient (Wildman–Crippen LogP) is 2.51. The third-order valence-electron chi connectivity index (χ3n) is 3.72. The van der Waals surface area contributed by atoms with Crippen molar-refractivity contribution in [1.82, 2.24) is 5.32 Å². The van der Waals surface area contributed by atoms with Crippen molar-refractivity contribution in [2.24, 2.45) is 17.3 Å². The highest BCUT2D eigenvalue weighted by molar-refractivity contribution is 5.69. The molecule has 0 spiro atoms. The minimum atomic E-state index is -0.615. The fourth-order valence-electron chi connectivity index (χ4n) is 2.46. The van der Waals surface area contributed by atoms with Crippen LogP contribution in [0.4, 0.5) is 0 Å². The summed E-state index contributed by atoms with van der Waals surface area (Å²) in [4.78, 5) is 11.2. The molecule has 0 aliphatic carbocycles. The van der Waals surface area contributed by atoms with E-state index >= 15 is 0 Å². The summed E-state index contributed by atoms with van der Waals surface area (Å²) in [7, 11) is 0. The van der Waals surface area contributed by atoms with Crippen molar-refractivity contribution in [3.05, 3.63) is 0 Å². The van der Waals surface area contributed by atoms with Crippen LogP contribution in [0.5, 0.6) is 0 Å². The van der Waals surface area contributed by atoms with E-state index in [-0.39, 0.29) is 11.3 Å². The van der Waals surface area contributed by atoms with Gasteiger partial charge < -0.3 is 10.4 Å². The first-order valence-corrected chi connectivity index (χ1v) is 6.35. The molecule has 3 heteroatoms. The fraction of sp³-hybridized carbons (Fsp3) is 0.923. The summed E-state index contributed by atoms with van der Waals surface area (Å²) in [5.74, 6) is -0.264. The maximum absolute atomic E-state index is 11.2. The van der Waals surface area contributed by atoms with E-state index in [9.17, 15) is 9.90 Å². The summed E-state index contributed by atoms with van der Waals surface area (Å²) in [6.45, 7) is 8.63. The first kappa shape index (κ1) is 13.5. The highest BCUT2D eigenvalue weighted by atomic mass is 16.4. The Balaban J connectivity index is 2.69. The van der Waals surface area contributed by atoms with Gasteiger partial charge in [-0.2, -0.15) is 0 Å². The lowest BCUT2D eigenvalue weighted by atomic mass is 9.73. The summed E-state index contributed by atoms with van der Waals surface area (Å²) in [5.41, 5.74) is 0.208. The Hall–Kier alpha value is -0.570. The van der Waals surface area contributed by atoms with Gasteiger partial charge in [0, 0.05) is 0 Å². The zero-order valence-electron chi connectivity index (χ0n) is 10.8. The van der Waals surface area contributed by atoms with Crippen molar-refractivity contribution < 1.29 is 9.90 Å². The standard InChI is InChI=1S/C13H25NO2/c1-13(2,3)11-6-8-14-7-4-5-10(9-11)12(15)16/h10-11,14H,4-9H2,1-3H3,(H,15,16)/t10-,11+/m0/s1. The minimum absolute atomic E-state index is 0.149. The molecule has 1 aliphatic rings. The molecule has 0 aromatic heterocycles. The van der Waals surface area contributed by atoms with Crippen molar-refractivity contribution >= 4 is 5.97 Å². The maximum atomic E-state index is 11.2. The van der Waals surface area contributed by atoms with E-state index in [1.54, 1.807) is 0 Å². The zero-order valence-corrected chi connectivity index (χ0v) is 10.8. The van der Waals surface area contributed by atoms with Crippen molar-refractivity contribution in [1.29, 1.82) is 0 Å². The molecule has 1 heterocycles. The normalized spacial score (nSPS) is 28.9. The molecule has 1 fully saturated rings. The number of hydrogen-bond acceptors (Lipinski definition) is 2. The van der Waals surface area contributed by atoms with Crippen molar-refractivity contribution in [3.8, 4) is 0 Å². The number of carbonyl (C=O) groups is 1. The van der Waals surface area contributed by atoms with Gasteiger partial charge in [-0.05, 0) is 50.1 Å². The van der Waals surface area contributed by atoms with E-state index in [0.29, 0.717) is 5.92 Å². The monoisotopic (exact) mass is 227 g/mol.